The molecule has 1 saturated carbocycles. The molecule has 2 fully saturated rings. The van der Waals surface area contributed by atoms with E-state index in [1.54, 1.807) is 6.92 Å². The molecule has 18 heavy (non-hydrogen) atoms. The number of hydrogen-bond donors (Lipinski definition) is 1. The highest BCUT2D eigenvalue weighted by molar-refractivity contribution is 5.78. The van der Waals surface area contributed by atoms with Crippen molar-refractivity contribution in [2.24, 2.45) is 5.92 Å². The maximum absolute atomic E-state index is 11.1. The smallest absolute Gasteiger partial charge is 0.450 e. The monoisotopic (exact) mass is 260 g/mol. The number of hydrogen-bond acceptors (Lipinski definition) is 7. The van der Waals surface area contributed by atoms with E-state index >= 15 is 0 Å². The van der Waals surface area contributed by atoms with Gasteiger partial charge < -0.3 is 24.1 Å². The Bertz CT molecular complexity index is 378. The number of carbonyl (C=O) groups is 3. The van der Waals surface area contributed by atoms with Crippen LogP contribution >= 0.6 is 0 Å². The first-order valence-electron chi connectivity index (χ1n) is 5.46. The standard InChI is InChI=1S/C10H12O8/c1-4-2-3-5-7(6(4)16-8(11)12)17-10(14)18-9(13)15-5/h4-7H,2-3H2,1H3,(H,11,12). The molecule has 2 rings (SSSR count). The predicted octanol–water partition coefficient (Wildman–Crippen LogP) is 1.52. The summed E-state index contributed by atoms with van der Waals surface area (Å²) in [4.78, 5) is 32.8. The first kappa shape index (κ1) is 12.5. The van der Waals surface area contributed by atoms with Gasteiger partial charge in [0, 0.05) is 0 Å². The van der Waals surface area contributed by atoms with Crippen LogP contribution in [0.3, 0.4) is 0 Å². The number of rotatable bonds is 1. The van der Waals surface area contributed by atoms with Crippen molar-refractivity contribution >= 4 is 18.5 Å². The first-order chi connectivity index (χ1) is 8.47. The Kier molecular flexibility index (Phi) is 3.26. The highest BCUT2D eigenvalue weighted by atomic mass is 16.8. The van der Waals surface area contributed by atoms with Gasteiger partial charge in [-0.1, -0.05) is 6.92 Å². The molecule has 100 valence electrons. The molecule has 0 radical (unpaired) electrons. The van der Waals surface area contributed by atoms with E-state index in [-0.39, 0.29) is 5.92 Å². The molecule has 0 amide bonds. The van der Waals surface area contributed by atoms with Crippen molar-refractivity contribution in [3.63, 3.8) is 0 Å². The molecule has 1 N–H and O–H groups in total. The van der Waals surface area contributed by atoms with E-state index in [0.717, 1.165) is 0 Å². The predicted molar refractivity (Wildman–Crippen MR) is 52.9 cm³/mol. The van der Waals surface area contributed by atoms with Crippen LogP contribution in [0.15, 0.2) is 0 Å². The Labute approximate surface area is 102 Å². The molecule has 1 aliphatic heterocycles. The SMILES string of the molecule is CC1CCC2OC(=O)OC(=O)OC2C1OC(=O)O. The van der Waals surface area contributed by atoms with Crippen LogP contribution in [0.1, 0.15) is 19.8 Å². The maximum atomic E-state index is 11.1. The number of carbonyl (C=O) groups excluding carboxylic acids is 2. The lowest BCUT2D eigenvalue weighted by Crippen LogP contribution is -2.50. The van der Waals surface area contributed by atoms with Crippen LogP contribution in [-0.2, 0) is 18.9 Å². The summed E-state index contributed by atoms with van der Waals surface area (Å²) in [5, 5.41) is 8.66. The lowest BCUT2D eigenvalue weighted by Gasteiger charge is -2.36. The van der Waals surface area contributed by atoms with Crippen LogP contribution in [0.4, 0.5) is 14.4 Å². The zero-order chi connectivity index (χ0) is 13.3. The lowest BCUT2D eigenvalue weighted by molar-refractivity contribution is -0.112. The van der Waals surface area contributed by atoms with Gasteiger partial charge in [-0.25, -0.2) is 14.4 Å². The van der Waals surface area contributed by atoms with Crippen molar-refractivity contribution in [2.45, 2.75) is 38.1 Å². The molecular formula is C10H12O8. The van der Waals surface area contributed by atoms with Crippen molar-refractivity contribution in [1.82, 2.24) is 0 Å². The van der Waals surface area contributed by atoms with Crippen LogP contribution in [0.5, 0.6) is 0 Å². The van der Waals surface area contributed by atoms with Gasteiger partial charge in [0.15, 0.2) is 6.10 Å². The van der Waals surface area contributed by atoms with Crippen molar-refractivity contribution in [2.75, 3.05) is 0 Å². The second-order valence-corrected chi connectivity index (χ2v) is 4.24. The van der Waals surface area contributed by atoms with E-state index in [1.165, 1.54) is 0 Å². The van der Waals surface area contributed by atoms with Crippen molar-refractivity contribution < 1.29 is 38.4 Å². The average Bonchev–Trinajstić information content (AvgIpc) is 2.40. The Morgan fingerprint density at radius 3 is 2.61 bits per heavy atom. The third kappa shape index (κ3) is 2.47. The molecule has 8 heteroatoms. The van der Waals surface area contributed by atoms with Gasteiger partial charge in [0.05, 0.1) is 0 Å². The van der Waals surface area contributed by atoms with Crippen molar-refractivity contribution in [1.29, 1.82) is 0 Å². The topological polar surface area (TPSA) is 108 Å². The zero-order valence-corrected chi connectivity index (χ0v) is 9.53. The summed E-state index contributed by atoms with van der Waals surface area (Å²) in [6.07, 6.45) is -5.37. The molecule has 2 aliphatic rings. The number of carboxylic acid groups (broad SMARTS) is 1. The zero-order valence-electron chi connectivity index (χ0n) is 9.53. The molecule has 0 aromatic heterocycles. The minimum atomic E-state index is -1.47. The van der Waals surface area contributed by atoms with Crippen LogP contribution in [0.25, 0.3) is 0 Å². The summed E-state index contributed by atoms with van der Waals surface area (Å²) >= 11 is 0. The number of fused-ring (bicyclic) bond motifs is 1. The molecule has 1 saturated heterocycles. The minimum absolute atomic E-state index is 0.146. The van der Waals surface area contributed by atoms with Gasteiger partial charge in [-0.3, -0.25) is 0 Å². The molecule has 0 spiro atoms. The highest BCUT2D eigenvalue weighted by Gasteiger charge is 2.47. The van der Waals surface area contributed by atoms with Crippen LogP contribution in [0, 0.1) is 5.92 Å². The van der Waals surface area contributed by atoms with E-state index in [1.807, 2.05) is 0 Å². The molecule has 0 aromatic carbocycles. The third-order valence-electron chi connectivity index (χ3n) is 3.04. The Hall–Kier alpha value is -1.99. The van der Waals surface area contributed by atoms with Crippen molar-refractivity contribution in [3.05, 3.63) is 0 Å². The summed E-state index contributed by atoms with van der Waals surface area (Å²) < 4.78 is 18.6. The van der Waals surface area contributed by atoms with Crippen LogP contribution in [-0.4, -0.2) is 41.9 Å². The van der Waals surface area contributed by atoms with E-state index in [4.69, 9.17) is 19.3 Å². The van der Waals surface area contributed by atoms with Crippen molar-refractivity contribution in [3.8, 4) is 0 Å². The highest BCUT2D eigenvalue weighted by Crippen LogP contribution is 2.33. The quantitative estimate of drug-likeness (QED) is 0.429. The summed E-state index contributed by atoms with van der Waals surface area (Å²) in [5.74, 6) is -0.146. The molecule has 0 bridgehead atoms. The second-order valence-electron chi connectivity index (χ2n) is 4.24. The molecule has 4 unspecified atom stereocenters. The van der Waals surface area contributed by atoms with E-state index in [0.29, 0.717) is 12.8 Å². The number of cyclic esters (lactones) is 2. The van der Waals surface area contributed by atoms with Gasteiger partial charge in [0.1, 0.15) is 12.2 Å². The van der Waals surface area contributed by atoms with Gasteiger partial charge in [0.2, 0.25) is 0 Å². The van der Waals surface area contributed by atoms with E-state index in [9.17, 15) is 14.4 Å². The molecule has 4 atom stereocenters. The van der Waals surface area contributed by atoms with Gasteiger partial charge in [-0.05, 0) is 18.8 Å². The molecule has 1 heterocycles. The molecule has 0 aromatic rings. The first-order valence-corrected chi connectivity index (χ1v) is 5.46. The van der Waals surface area contributed by atoms with E-state index in [2.05, 4.69) is 4.74 Å². The fourth-order valence-corrected chi connectivity index (χ4v) is 2.21. The third-order valence-corrected chi connectivity index (χ3v) is 3.04. The van der Waals surface area contributed by atoms with Gasteiger partial charge in [-0.2, -0.15) is 0 Å². The Morgan fingerprint density at radius 1 is 1.28 bits per heavy atom. The van der Waals surface area contributed by atoms with Gasteiger partial charge in [0.25, 0.3) is 0 Å². The second kappa shape index (κ2) is 4.71. The minimum Gasteiger partial charge on any atom is -0.450 e. The normalized spacial score (nSPS) is 35.4. The van der Waals surface area contributed by atoms with E-state index < -0.39 is 36.8 Å². The largest absolute Gasteiger partial charge is 0.519 e. The summed E-state index contributed by atoms with van der Waals surface area (Å²) in [7, 11) is 0. The molecular weight excluding hydrogens is 248 g/mol. The summed E-state index contributed by atoms with van der Waals surface area (Å²) in [6, 6.07) is 0. The summed E-state index contributed by atoms with van der Waals surface area (Å²) in [6.45, 7) is 1.77. The molecule has 1 aliphatic carbocycles. The van der Waals surface area contributed by atoms with Gasteiger partial charge in [-0.15, -0.1) is 0 Å². The summed E-state index contributed by atoms with van der Waals surface area (Å²) in [5.41, 5.74) is 0. The Balaban J connectivity index is 2.20. The fourth-order valence-electron chi connectivity index (χ4n) is 2.21. The lowest BCUT2D eigenvalue weighted by atomic mass is 9.83. The Morgan fingerprint density at radius 2 is 1.94 bits per heavy atom. The fraction of sp³-hybridized carbons (Fsp3) is 0.700. The van der Waals surface area contributed by atoms with Crippen LogP contribution < -0.4 is 0 Å². The maximum Gasteiger partial charge on any atom is 0.519 e. The molecule has 8 nitrogen and oxygen atoms in total. The average molecular weight is 260 g/mol. The number of ether oxygens (including phenoxy) is 4. The van der Waals surface area contributed by atoms with Crippen LogP contribution in [0.2, 0.25) is 0 Å². The van der Waals surface area contributed by atoms with Gasteiger partial charge >= 0.3 is 18.5 Å².